The molecule has 3 unspecified atom stereocenters. The minimum absolute atomic E-state index is 0.148. The molecule has 16 heteroatoms. The number of carbonyl (C=O) groups excluding carboxylic acids is 6. The molecule has 33 heavy (non-hydrogen) atoms. The van der Waals surface area contributed by atoms with Gasteiger partial charge < -0.3 is 14.0 Å². The summed E-state index contributed by atoms with van der Waals surface area (Å²) in [6, 6.07) is 0. The molecule has 0 radical (unpaired) electrons. The Kier molecular flexibility index (Phi) is 8.79. The molecule has 2 fully saturated rings. The molecule has 2 aliphatic rings. The van der Waals surface area contributed by atoms with Crippen molar-refractivity contribution in [3.63, 3.8) is 0 Å². The summed E-state index contributed by atoms with van der Waals surface area (Å²) in [6.45, 7) is -0.297. The molecular weight excluding hydrogens is 488 g/mol. The molecule has 14 nitrogen and oxygen atoms in total. The molecule has 0 aliphatic carbocycles. The van der Waals surface area contributed by atoms with E-state index in [4.69, 9.17) is 9.47 Å². The van der Waals surface area contributed by atoms with Gasteiger partial charge in [0.15, 0.2) is 9.84 Å². The predicted molar refractivity (Wildman–Crippen MR) is 105 cm³/mol. The molecule has 0 aromatic carbocycles. The highest BCUT2D eigenvalue weighted by Crippen LogP contribution is 2.21. The smallest absolute Gasteiger partial charge is 0.423 e. The number of hydrogen-bond donors (Lipinski definition) is 0. The molecule has 0 spiro atoms. The summed E-state index contributed by atoms with van der Waals surface area (Å²) in [7, 11) is -3.84. The summed E-state index contributed by atoms with van der Waals surface area (Å²) < 4.78 is 54.3. The SMILES string of the molecule is CS(=O)(=O)C1CC(=O)N(C(=O)OCCCCCCOC(=O)N2C(=O)CC(S(=O)[O-])C2=O)C1=O. The van der Waals surface area contributed by atoms with E-state index in [2.05, 4.69) is 0 Å². The second-order valence-electron chi connectivity index (χ2n) is 7.25. The van der Waals surface area contributed by atoms with E-state index in [0.717, 1.165) is 6.26 Å². The normalized spacial score (nSPS) is 22.1. The molecule has 3 atom stereocenters. The molecule has 2 heterocycles. The number of carbonyl (C=O) groups is 6. The van der Waals surface area contributed by atoms with Crippen molar-refractivity contribution in [2.24, 2.45) is 0 Å². The molecule has 6 amide bonds. The van der Waals surface area contributed by atoms with Crippen LogP contribution in [0.5, 0.6) is 0 Å². The average Bonchev–Trinajstić information content (AvgIpc) is 3.18. The summed E-state index contributed by atoms with van der Waals surface area (Å²) in [6.07, 6.45) is -1.32. The van der Waals surface area contributed by atoms with Gasteiger partial charge in [0.25, 0.3) is 11.8 Å². The summed E-state index contributed by atoms with van der Waals surface area (Å²) in [4.78, 5) is 71.2. The Morgan fingerprint density at radius 2 is 1.36 bits per heavy atom. The fraction of sp³-hybridized carbons (Fsp3) is 0.647. The highest BCUT2D eigenvalue weighted by Gasteiger charge is 2.48. The minimum atomic E-state index is -3.84. The van der Waals surface area contributed by atoms with Gasteiger partial charge in [-0.25, -0.2) is 18.0 Å². The van der Waals surface area contributed by atoms with Crippen LogP contribution in [-0.4, -0.2) is 92.8 Å². The number of hydrogen-bond acceptors (Lipinski definition) is 12. The number of likely N-dealkylation sites (tertiary alicyclic amines) is 2. The number of amides is 6. The molecule has 0 N–H and O–H groups in total. The van der Waals surface area contributed by atoms with Crippen LogP contribution < -0.4 is 0 Å². The lowest BCUT2D eigenvalue weighted by Crippen LogP contribution is -2.39. The van der Waals surface area contributed by atoms with Crippen molar-refractivity contribution in [1.82, 2.24) is 9.80 Å². The van der Waals surface area contributed by atoms with Gasteiger partial charge in [0, 0.05) is 12.7 Å². The summed E-state index contributed by atoms with van der Waals surface area (Å²) in [5.41, 5.74) is 0. The zero-order valence-corrected chi connectivity index (χ0v) is 19.1. The number of rotatable bonds is 9. The number of imide groups is 6. The first-order valence-corrected chi connectivity index (χ1v) is 12.8. The molecule has 2 rings (SSSR count). The topological polar surface area (TPSA) is 202 Å². The fourth-order valence-corrected chi connectivity index (χ4v) is 4.55. The monoisotopic (exact) mass is 509 g/mol. The highest BCUT2D eigenvalue weighted by molar-refractivity contribution is 7.92. The Balaban J connectivity index is 1.62. The van der Waals surface area contributed by atoms with Gasteiger partial charge in [-0.15, -0.1) is 0 Å². The van der Waals surface area contributed by atoms with Crippen molar-refractivity contribution in [1.29, 1.82) is 0 Å². The van der Waals surface area contributed by atoms with E-state index >= 15 is 0 Å². The molecule has 2 saturated heterocycles. The van der Waals surface area contributed by atoms with Crippen LogP contribution in [-0.2, 0) is 49.6 Å². The number of sulfone groups is 1. The molecule has 184 valence electrons. The van der Waals surface area contributed by atoms with Crippen LogP contribution in [0.3, 0.4) is 0 Å². The van der Waals surface area contributed by atoms with Crippen LogP contribution in [0.25, 0.3) is 0 Å². The standard InChI is InChI=1S/C17H22N2O12S2/c1-33(28,29)11-9-13(21)19(15(11)23)17(25)31-7-5-3-2-4-6-30-16(24)18-12(20)8-10(14(18)22)32(26)27/h10-11H,2-9H2,1H3,(H,26,27)/p-1. The molecule has 0 bridgehead atoms. The number of unbranched alkanes of at least 4 members (excludes halogenated alkanes) is 3. The van der Waals surface area contributed by atoms with Crippen molar-refractivity contribution >= 4 is 56.7 Å². The number of ether oxygens (including phenoxy) is 2. The first kappa shape index (κ1) is 26.5. The van der Waals surface area contributed by atoms with Crippen molar-refractivity contribution in [3.05, 3.63) is 0 Å². The third-order valence-electron chi connectivity index (χ3n) is 4.81. The molecule has 0 aromatic heterocycles. The summed E-state index contributed by atoms with van der Waals surface area (Å²) in [5.74, 6) is -4.21. The van der Waals surface area contributed by atoms with E-state index in [0.29, 0.717) is 25.7 Å². The average molecular weight is 509 g/mol. The van der Waals surface area contributed by atoms with Crippen molar-refractivity contribution in [2.75, 3.05) is 19.5 Å². The van der Waals surface area contributed by atoms with Gasteiger partial charge in [-0.05, 0) is 36.8 Å². The lowest BCUT2D eigenvalue weighted by Gasteiger charge is -2.14. The van der Waals surface area contributed by atoms with E-state index in [1.807, 2.05) is 0 Å². The molecular formula is C17H21N2O12S2-. The maximum Gasteiger partial charge on any atom is 0.423 e. The van der Waals surface area contributed by atoms with Crippen LogP contribution in [0.15, 0.2) is 0 Å². The van der Waals surface area contributed by atoms with Crippen molar-refractivity contribution < 1.29 is 55.4 Å². The van der Waals surface area contributed by atoms with Crippen molar-refractivity contribution in [2.45, 2.75) is 49.0 Å². The molecule has 0 saturated carbocycles. The Morgan fingerprint density at radius 1 is 0.909 bits per heavy atom. The third-order valence-corrected chi connectivity index (χ3v) is 7.05. The quantitative estimate of drug-likeness (QED) is 0.209. The van der Waals surface area contributed by atoms with Gasteiger partial charge in [-0.2, -0.15) is 9.80 Å². The lowest BCUT2D eigenvalue weighted by atomic mass is 10.2. The van der Waals surface area contributed by atoms with Crippen LogP contribution in [0.1, 0.15) is 38.5 Å². The van der Waals surface area contributed by atoms with Crippen LogP contribution in [0.4, 0.5) is 9.59 Å². The third kappa shape index (κ3) is 6.42. The maximum atomic E-state index is 12.0. The van der Waals surface area contributed by atoms with Crippen molar-refractivity contribution in [3.8, 4) is 0 Å². The van der Waals surface area contributed by atoms with Gasteiger partial charge in [0.2, 0.25) is 11.8 Å². The van der Waals surface area contributed by atoms with E-state index < -0.39 is 80.1 Å². The molecule has 2 aliphatic heterocycles. The first-order valence-electron chi connectivity index (χ1n) is 9.70. The van der Waals surface area contributed by atoms with E-state index in [1.54, 1.807) is 0 Å². The summed E-state index contributed by atoms with van der Waals surface area (Å²) in [5, 5.41) is -3.20. The Morgan fingerprint density at radius 3 is 1.76 bits per heavy atom. The van der Waals surface area contributed by atoms with Crippen LogP contribution in [0, 0.1) is 0 Å². The fourth-order valence-electron chi connectivity index (χ4n) is 3.08. The Hall–Kier alpha value is -2.72. The van der Waals surface area contributed by atoms with E-state index in [-0.39, 0.29) is 23.0 Å². The molecule has 0 aromatic rings. The van der Waals surface area contributed by atoms with E-state index in [1.165, 1.54) is 0 Å². The maximum absolute atomic E-state index is 12.0. The van der Waals surface area contributed by atoms with Gasteiger partial charge in [-0.1, -0.05) is 0 Å². The Labute approximate surface area is 190 Å². The van der Waals surface area contributed by atoms with E-state index in [9.17, 15) is 45.9 Å². The van der Waals surface area contributed by atoms with Gasteiger partial charge in [-0.3, -0.25) is 23.4 Å². The second kappa shape index (κ2) is 10.9. The second-order valence-corrected chi connectivity index (χ2v) is 10.6. The zero-order chi connectivity index (χ0) is 24.9. The first-order chi connectivity index (χ1) is 15.4. The van der Waals surface area contributed by atoms with Crippen LogP contribution >= 0.6 is 0 Å². The predicted octanol–water partition coefficient (Wildman–Crippen LogP) is -1.00. The van der Waals surface area contributed by atoms with Gasteiger partial charge >= 0.3 is 12.2 Å². The Bertz CT molecular complexity index is 992. The largest absolute Gasteiger partial charge is 0.772 e. The van der Waals surface area contributed by atoms with Gasteiger partial charge in [0.1, 0.15) is 10.5 Å². The number of nitrogens with zero attached hydrogens (tertiary/aromatic N) is 2. The van der Waals surface area contributed by atoms with Gasteiger partial charge in [0.05, 0.1) is 19.6 Å². The lowest BCUT2D eigenvalue weighted by molar-refractivity contribution is -0.137. The summed E-state index contributed by atoms with van der Waals surface area (Å²) >= 11 is -2.83. The minimum Gasteiger partial charge on any atom is -0.772 e. The van der Waals surface area contributed by atoms with Crippen LogP contribution in [0.2, 0.25) is 0 Å². The highest BCUT2D eigenvalue weighted by atomic mass is 32.2. The zero-order valence-electron chi connectivity index (χ0n) is 17.4.